The smallest absolute Gasteiger partial charge is 0.337 e. The average Bonchev–Trinajstić information content (AvgIpc) is 3.22. The molecule has 11 heteroatoms. The van der Waals surface area contributed by atoms with E-state index in [9.17, 15) is 9.90 Å². The maximum absolute atomic E-state index is 12.2. The quantitative estimate of drug-likeness (QED) is 0.173. The number of H-pyrrole nitrogens is 1. The van der Waals surface area contributed by atoms with E-state index in [0.717, 1.165) is 15.9 Å². The number of phenolic OH excluding ortho intramolecular Hbond substituents is 1. The van der Waals surface area contributed by atoms with E-state index in [1.807, 2.05) is 29.7 Å². The van der Waals surface area contributed by atoms with Crippen molar-refractivity contribution >= 4 is 39.8 Å². The van der Waals surface area contributed by atoms with Crippen LogP contribution in [0.15, 0.2) is 51.1 Å². The molecule has 2 aromatic carbocycles. The lowest BCUT2D eigenvalue weighted by atomic mass is 10.2. The lowest BCUT2D eigenvalue weighted by molar-refractivity contribution is -0.719. The van der Waals surface area contributed by atoms with Crippen LogP contribution >= 0.6 is 27.7 Å². The standard InChI is InChI=1S/C21H22BrN5O4S/c1-4-27-20(13-5-8-17(30-2)18(10-13)31-3)25-26-21(27)32-12-19(29)24-23-11-14-9-15(22)6-7-16(14)28/h5-11H,4,12H2,1-3H3,(H2,23,24,28,29)/p+1. The molecule has 9 nitrogen and oxygen atoms in total. The summed E-state index contributed by atoms with van der Waals surface area (Å²) < 4.78 is 13.4. The van der Waals surface area contributed by atoms with Gasteiger partial charge in [0.1, 0.15) is 5.75 Å². The van der Waals surface area contributed by atoms with Crippen LogP contribution in [0.4, 0.5) is 0 Å². The first kappa shape index (κ1) is 23.6. The maximum atomic E-state index is 12.2. The van der Waals surface area contributed by atoms with E-state index in [-0.39, 0.29) is 17.4 Å². The maximum Gasteiger partial charge on any atom is 0.337 e. The molecule has 168 valence electrons. The first-order valence-electron chi connectivity index (χ1n) is 9.60. The molecule has 0 saturated heterocycles. The number of halogens is 1. The van der Waals surface area contributed by atoms with Gasteiger partial charge in [-0.1, -0.05) is 15.9 Å². The van der Waals surface area contributed by atoms with Crippen LogP contribution in [0.5, 0.6) is 17.2 Å². The highest BCUT2D eigenvalue weighted by atomic mass is 79.9. The molecule has 0 spiro atoms. The van der Waals surface area contributed by atoms with Crippen molar-refractivity contribution in [2.75, 3.05) is 20.0 Å². The Bertz CT molecular complexity index is 1140. The molecule has 3 aromatic rings. The second-order valence-corrected chi connectivity index (χ2v) is 8.31. The number of benzene rings is 2. The molecule has 3 rings (SSSR count). The molecule has 0 fully saturated rings. The van der Waals surface area contributed by atoms with Crippen molar-refractivity contribution in [3.05, 3.63) is 46.4 Å². The number of nitrogens with zero attached hydrogens (tertiary/aromatic N) is 3. The number of amides is 1. The number of carbonyl (C=O) groups excluding carboxylic acids is 1. The molecule has 0 radical (unpaired) electrons. The number of hydrogen-bond donors (Lipinski definition) is 3. The lowest BCUT2D eigenvalue weighted by Crippen LogP contribution is -2.36. The molecule has 32 heavy (non-hydrogen) atoms. The predicted molar refractivity (Wildman–Crippen MR) is 125 cm³/mol. The molecule has 3 N–H and O–H groups in total. The van der Waals surface area contributed by atoms with Gasteiger partial charge in [0.25, 0.3) is 11.7 Å². The second-order valence-electron chi connectivity index (χ2n) is 6.45. The molecule has 0 aliphatic rings. The van der Waals surface area contributed by atoms with Gasteiger partial charge in [0, 0.05) is 10.0 Å². The minimum absolute atomic E-state index is 0.0729. The number of aromatic hydroxyl groups is 1. The summed E-state index contributed by atoms with van der Waals surface area (Å²) in [4.78, 5) is 12.2. The summed E-state index contributed by atoms with van der Waals surface area (Å²) in [5.41, 5.74) is 3.83. The van der Waals surface area contributed by atoms with E-state index in [0.29, 0.717) is 28.8 Å². The number of carbonyl (C=O) groups is 1. The Morgan fingerprint density at radius 2 is 2.06 bits per heavy atom. The molecule has 0 aliphatic heterocycles. The summed E-state index contributed by atoms with van der Waals surface area (Å²) in [5, 5.41) is 21.8. The van der Waals surface area contributed by atoms with Gasteiger partial charge in [0.15, 0.2) is 11.5 Å². The third-order valence-electron chi connectivity index (χ3n) is 4.45. The molecule has 1 amide bonds. The van der Waals surface area contributed by atoms with Crippen LogP contribution in [-0.4, -0.2) is 47.4 Å². The third-order valence-corrected chi connectivity index (χ3v) is 5.92. The number of nitrogens with one attached hydrogen (secondary N) is 2. The normalized spacial score (nSPS) is 11.0. The van der Waals surface area contributed by atoms with E-state index in [1.54, 1.807) is 32.4 Å². The molecule has 0 bridgehead atoms. The van der Waals surface area contributed by atoms with Crippen molar-refractivity contribution < 1.29 is 23.9 Å². The van der Waals surface area contributed by atoms with Crippen LogP contribution < -0.4 is 19.5 Å². The topological polar surface area (TPSA) is 113 Å². The number of hydrazone groups is 1. The van der Waals surface area contributed by atoms with Crippen LogP contribution in [0.3, 0.4) is 0 Å². The number of thioether (sulfide) groups is 1. The highest BCUT2D eigenvalue weighted by Crippen LogP contribution is 2.31. The summed E-state index contributed by atoms with van der Waals surface area (Å²) >= 11 is 4.61. The van der Waals surface area contributed by atoms with Crippen LogP contribution in [0, 0.1) is 0 Å². The van der Waals surface area contributed by atoms with Crippen molar-refractivity contribution in [1.82, 2.24) is 15.6 Å². The van der Waals surface area contributed by atoms with Gasteiger partial charge < -0.3 is 14.6 Å². The zero-order valence-corrected chi connectivity index (χ0v) is 20.2. The lowest BCUT2D eigenvalue weighted by Gasteiger charge is -2.08. The largest absolute Gasteiger partial charge is 0.507 e. The Morgan fingerprint density at radius 1 is 1.28 bits per heavy atom. The van der Waals surface area contributed by atoms with Crippen LogP contribution in [0.25, 0.3) is 11.4 Å². The summed E-state index contributed by atoms with van der Waals surface area (Å²) in [7, 11) is 3.17. The van der Waals surface area contributed by atoms with Crippen LogP contribution in [0.2, 0.25) is 0 Å². The van der Waals surface area contributed by atoms with Gasteiger partial charge in [-0.2, -0.15) is 5.10 Å². The minimum Gasteiger partial charge on any atom is -0.507 e. The Morgan fingerprint density at radius 3 is 2.78 bits per heavy atom. The zero-order valence-electron chi connectivity index (χ0n) is 17.8. The highest BCUT2D eigenvalue weighted by Gasteiger charge is 2.22. The number of ether oxygens (including phenoxy) is 2. The molecular formula is C21H23BrN5O4S+. The number of methoxy groups -OCH3 is 2. The van der Waals surface area contributed by atoms with Gasteiger partial charge in [-0.05, 0) is 55.1 Å². The molecular weight excluding hydrogens is 498 g/mol. The number of aromatic amines is 1. The van der Waals surface area contributed by atoms with Gasteiger partial charge in [0.05, 0.1) is 43.4 Å². The summed E-state index contributed by atoms with van der Waals surface area (Å²) in [5.74, 6) is 1.95. The van der Waals surface area contributed by atoms with Crippen molar-refractivity contribution in [2.45, 2.75) is 18.6 Å². The molecule has 1 heterocycles. The van der Waals surface area contributed by atoms with E-state index < -0.39 is 0 Å². The highest BCUT2D eigenvalue weighted by molar-refractivity contribution is 9.10. The first-order valence-corrected chi connectivity index (χ1v) is 11.4. The van der Waals surface area contributed by atoms with E-state index in [4.69, 9.17) is 9.47 Å². The Labute approximate surface area is 198 Å². The van der Waals surface area contributed by atoms with Crippen LogP contribution in [-0.2, 0) is 11.3 Å². The molecule has 0 saturated carbocycles. The number of rotatable bonds is 9. The SMILES string of the molecule is CC[n+]1c(SCC(=O)N/N=C/c2cc(Br)ccc2O)n[nH]c1-c1ccc(OC)c(OC)c1. The molecule has 0 unspecified atom stereocenters. The zero-order chi connectivity index (χ0) is 23.1. The number of hydrogen-bond acceptors (Lipinski definition) is 7. The van der Waals surface area contributed by atoms with E-state index in [1.165, 1.54) is 18.0 Å². The first-order chi connectivity index (χ1) is 15.5. The van der Waals surface area contributed by atoms with Gasteiger partial charge in [0.2, 0.25) is 0 Å². The van der Waals surface area contributed by atoms with Crippen molar-refractivity contribution in [2.24, 2.45) is 5.10 Å². The predicted octanol–water partition coefficient (Wildman–Crippen LogP) is 3.11. The fraction of sp³-hybridized carbons (Fsp3) is 0.238. The fourth-order valence-electron chi connectivity index (χ4n) is 2.89. The van der Waals surface area contributed by atoms with Crippen LogP contribution in [0.1, 0.15) is 12.5 Å². The van der Waals surface area contributed by atoms with Gasteiger partial charge >= 0.3 is 5.16 Å². The molecule has 0 aliphatic carbocycles. The number of aromatic nitrogens is 3. The number of phenols is 1. The van der Waals surface area contributed by atoms with Crippen molar-refractivity contribution in [3.63, 3.8) is 0 Å². The Kier molecular flexibility index (Phi) is 8.12. The Hall–Kier alpha value is -3.05. The summed E-state index contributed by atoms with van der Waals surface area (Å²) in [6.45, 7) is 2.66. The monoisotopic (exact) mass is 520 g/mol. The van der Waals surface area contributed by atoms with Gasteiger partial charge in [-0.3, -0.25) is 4.79 Å². The average molecular weight is 521 g/mol. The van der Waals surface area contributed by atoms with E-state index >= 15 is 0 Å². The summed E-state index contributed by atoms with van der Waals surface area (Å²) in [6, 6.07) is 10.6. The third kappa shape index (κ3) is 5.60. The van der Waals surface area contributed by atoms with Gasteiger partial charge in [-0.25, -0.2) is 9.99 Å². The van der Waals surface area contributed by atoms with E-state index in [2.05, 4.69) is 36.7 Å². The molecule has 1 aromatic heterocycles. The van der Waals surface area contributed by atoms with Crippen molar-refractivity contribution in [1.29, 1.82) is 0 Å². The second kappa shape index (κ2) is 11.0. The molecule has 0 atom stereocenters. The van der Waals surface area contributed by atoms with Gasteiger partial charge in [-0.15, -0.1) is 5.10 Å². The van der Waals surface area contributed by atoms with Crippen molar-refractivity contribution in [3.8, 4) is 28.6 Å². The Balaban J connectivity index is 1.66. The fourth-order valence-corrected chi connectivity index (χ4v) is 4.08. The minimum atomic E-state index is -0.293. The summed E-state index contributed by atoms with van der Waals surface area (Å²) in [6.07, 6.45) is 1.39.